The molecular weight excluding hydrogens is 323 g/mol. The van der Waals surface area contributed by atoms with Crippen LogP contribution in [0.15, 0.2) is 24.3 Å². The van der Waals surface area contributed by atoms with Crippen LogP contribution in [0.1, 0.15) is 25.8 Å². The molecule has 24 heavy (non-hydrogen) atoms. The van der Waals surface area contributed by atoms with Gasteiger partial charge in [0.05, 0.1) is 6.42 Å². The zero-order chi connectivity index (χ0) is 17.9. The molecule has 0 bridgehead atoms. The van der Waals surface area contributed by atoms with Gasteiger partial charge in [0.15, 0.2) is 0 Å². The minimum Gasteiger partial charge on any atom is -0.338 e. The molecule has 3 amide bonds. The van der Waals surface area contributed by atoms with Crippen molar-refractivity contribution < 1.29 is 22.8 Å². The third-order valence-electron chi connectivity index (χ3n) is 3.78. The van der Waals surface area contributed by atoms with Gasteiger partial charge >= 0.3 is 12.2 Å². The van der Waals surface area contributed by atoms with E-state index in [-0.39, 0.29) is 17.5 Å². The number of hydrogen-bond acceptors (Lipinski definition) is 2. The first-order valence-electron chi connectivity index (χ1n) is 7.69. The lowest BCUT2D eigenvalue weighted by molar-refractivity contribution is -0.130. The molecule has 1 heterocycles. The van der Waals surface area contributed by atoms with Gasteiger partial charge in [0.2, 0.25) is 5.91 Å². The van der Waals surface area contributed by atoms with Gasteiger partial charge in [-0.15, -0.1) is 0 Å². The Labute approximate surface area is 138 Å². The molecule has 1 aromatic rings. The fourth-order valence-electron chi connectivity index (χ4n) is 2.61. The first-order valence-corrected chi connectivity index (χ1v) is 7.69. The summed E-state index contributed by atoms with van der Waals surface area (Å²) in [5.41, 5.74) is 0.483. The number of amides is 3. The molecule has 1 saturated heterocycles. The highest BCUT2D eigenvalue weighted by Gasteiger charge is 2.34. The van der Waals surface area contributed by atoms with Crippen molar-refractivity contribution in [2.45, 2.75) is 44.9 Å². The number of anilines is 1. The van der Waals surface area contributed by atoms with Gasteiger partial charge in [-0.05, 0) is 38.0 Å². The second-order valence-electron chi connectivity index (χ2n) is 6.05. The second kappa shape index (κ2) is 7.11. The van der Waals surface area contributed by atoms with Crippen LogP contribution in [0.25, 0.3) is 0 Å². The van der Waals surface area contributed by atoms with E-state index < -0.39 is 24.7 Å². The van der Waals surface area contributed by atoms with E-state index in [4.69, 9.17) is 0 Å². The van der Waals surface area contributed by atoms with Crippen LogP contribution < -0.4 is 10.6 Å². The summed E-state index contributed by atoms with van der Waals surface area (Å²) in [5, 5.41) is 5.12. The summed E-state index contributed by atoms with van der Waals surface area (Å²) in [6.07, 6.45) is -4.74. The number of benzene rings is 1. The Morgan fingerprint density at radius 2 is 1.92 bits per heavy atom. The third-order valence-corrected chi connectivity index (χ3v) is 3.78. The van der Waals surface area contributed by atoms with Gasteiger partial charge < -0.3 is 15.5 Å². The monoisotopic (exact) mass is 343 g/mol. The Balaban J connectivity index is 1.88. The van der Waals surface area contributed by atoms with E-state index >= 15 is 0 Å². The predicted molar refractivity (Wildman–Crippen MR) is 83.6 cm³/mol. The van der Waals surface area contributed by atoms with Crippen LogP contribution in [0.5, 0.6) is 0 Å². The Morgan fingerprint density at radius 1 is 1.29 bits per heavy atom. The molecular formula is C16H20F3N3O2. The summed E-state index contributed by atoms with van der Waals surface area (Å²) in [6, 6.07) is 4.37. The maximum Gasteiger partial charge on any atom is 0.393 e. The molecule has 1 fully saturated rings. The lowest BCUT2D eigenvalue weighted by Gasteiger charge is -2.21. The number of halogens is 3. The quantitative estimate of drug-likeness (QED) is 0.883. The molecule has 2 rings (SSSR count). The number of carbonyl (C=O) groups excluding carboxylic acids is 2. The highest BCUT2D eigenvalue weighted by Crippen LogP contribution is 2.22. The second-order valence-corrected chi connectivity index (χ2v) is 6.05. The largest absolute Gasteiger partial charge is 0.393 e. The molecule has 1 aliphatic heterocycles. The molecule has 0 aromatic heterocycles. The number of nitrogens with one attached hydrogen (secondary N) is 2. The molecule has 0 aliphatic carbocycles. The summed E-state index contributed by atoms with van der Waals surface area (Å²) in [4.78, 5) is 25.7. The molecule has 8 heteroatoms. The summed E-state index contributed by atoms with van der Waals surface area (Å²) in [6.45, 7) is 4.40. The number of urea groups is 1. The van der Waals surface area contributed by atoms with Crippen molar-refractivity contribution in [1.29, 1.82) is 0 Å². The molecule has 5 nitrogen and oxygen atoms in total. The van der Waals surface area contributed by atoms with Crippen molar-refractivity contribution in [3.8, 4) is 0 Å². The highest BCUT2D eigenvalue weighted by molar-refractivity contribution is 5.94. The molecule has 1 atom stereocenters. The molecule has 0 spiro atoms. The summed E-state index contributed by atoms with van der Waals surface area (Å²) >= 11 is 0. The Hall–Kier alpha value is -2.25. The van der Waals surface area contributed by atoms with Crippen molar-refractivity contribution in [3.05, 3.63) is 29.8 Å². The number of alkyl halides is 3. The van der Waals surface area contributed by atoms with Crippen molar-refractivity contribution in [2.24, 2.45) is 0 Å². The summed E-state index contributed by atoms with van der Waals surface area (Å²) in [7, 11) is 0. The maximum absolute atomic E-state index is 12.3. The first kappa shape index (κ1) is 18.1. The predicted octanol–water partition coefficient (Wildman–Crippen LogP) is 2.92. The smallest absolute Gasteiger partial charge is 0.338 e. The highest BCUT2D eigenvalue weighted by atomic mass is 19.4. The van der Waals surface area contributed by atoms with Gasteiger partial charge in [0.1, 0.15) is 6.04 Å². The van der Waals surface area contributed by atoms with E-state index in [9.17, 15) is 22.8 Å². The molecule has 132 valence electrons. The Bertz CT molecular complexity index is 600. The lowest BCUT2D eigenvalue weighted by Crippen LogP contribution is -2.44. The Morgan fingerprint density at radius 3 is 2.42 bits per heavy atom. The van der Waals surface area contributed by atoms with Crippen LogP contribution >= 0.6 is 0 Å². The van der Waals surface area contributed by atoms with Crippen molar-refractivity contribution in [1.82, 2.24) is 10.2 Å². The maximum atomic E-state index is 12.3. The van der Waals surface area contributed by atoms with Crippen LogP contribution in [0.3, 0.4) is 0 Å². The van der Waals surface area contributed by atoms with Crippen molar-refractivity contribution in [3.63, 3.8) is 0 Å². The van der Waals surface area contributed by atoms with E-state index in [1.54, 1.807) is 4.90 Å². The number of nitrogens with zero attached hydrogens (tertiary/aromatic N) is 1. The fraction of sp³-hybridized carbons (Fsp3) is 0.500. The van der Waals surface area contributed by atoms with Crippen molar-refractivity contribution >= 4 is 17.6 Å². The Kier molecular flexibility index (Phi) is 5.36. The van der Waals surface area contributed by atoms with E-state index in [1.807, 2.05) is 13.8 Å². The van der Waals surface area contributed by atoms with Gasteiger partial charge in [-0.3, -0.25) is 4.79 Å². The molecule has 0 radical (unpaired) electrons. The number of hydrogen-bond donors (Lipinski definition) is 2. The first-order chi connectivity index (χ1) is 11.2. The topological polar surface area (TPSA) is 61.4 Å². The van der Waals surface area contributed by atoms with Crippen LogP contribution in [0, 0.1) is 0 Å². The van der Waals surface area contributed by atoms with Gasteiger partial charge in [0, 0.05) is 18.3 Å². The van der Waals surface area contributed by atoms with Gasteiger partial charge in [-0.1, -0.05) is 12.1 Å². The fourth-order valence-corrected chi connectivity index (χ4v) is 2.61. The zero-order valence-corrected chi connectivity index (χ0v) is 13.5. The van der Waals surface area contributed by atoms with E-state index in [2.05, 4.69) is 10.6 Å². The standard InChI is InChI=1S/C16H20F3N3O2/c1-10(2)22-8-7-13(14(22)23)21-15(24)20-12-5-3-11(4-6-12)9-16(17,18)19/h3-6,10,13H,7-9H2,1-2H3,(H2,20,21,24)/t13-/m0/s1. The number of rotatable bonds is 4. The van der Waals surface area contributed by atoms with Gasteiger partial charge in [0.25, 0.3) is 0 Å². The normalized spacial score (nSPS) is 18.2. The molecule has 1 aromatic carbocycles. The van der Waals surface area contributed by atoms with Crippen LogP contribution in [0.4, 0.5) is 23.7 Å². The average Bonchev–Trinajstić information content (AvgIpc) is 2.81. The number of carbonyl (C=O) groups is 2. The molecule has 2 N–H and O–H groups in total. The minimum atomic E-state index is -4.27. The van der Waals surface area contributed by atoms with E-state index in [0.29, 0.717) is 18.7 Å². The van der Waals surface area contributed by atoms with Gasteiger partial charge in [-0.25, -0.2) is 4.79 Å². The third kappa shape index (κ3) is 4.87. The molecule has 0 unspecified atom stereocenters. The summed E-state index contributed by atoms with van der Waals surface area (Å²) < 4.78 is 36.9. The lowest BCUT2D eigenvalue weighted by atomic mass is 10.1. The van der Waals surface area contributed by atoms with Crippen molar-refractivity contribution in [2.75, 3.05) is 11.9 Å². The van der Waals surface area contributed by atoms with E-state index in [0.717, 1.165) is 0 Å². The zero-order valence-electron chi connectivity index (χ0n) is 13.5. The van der Waals surface area contributed by atoms with Crippen LogP contribution in [-0.4, -0.2) is 41.6 Å². The molecule has 1 aliphatic rings. The van der Waals surface area contributed by atoms with Gasteiger partial charge in [-0.2, -0.15) is 13.2 Å². The van der Waals surface area contributed by atoms with Crippen LogP contribution in [-0.2, 0) is 11.2 Å². The average molecular weight is 343 g/mol. The SMILES string of the molecule is CC(C)N1CC[C@H](NC(=O)Nc2ccc(CC(F)(F)F)cc2)C1=O. The van der Waals surface area contributed by atoms with Crippen LogP contribution in [0.2, 0.25) is 0 Å². The summed E-state index contributed by atoms with van der Waals surface area (Å²) in [5.74, 6) is -0.124. The number of likely N-dealkylation sites (tertiary alicyclic amines) is 1. The van der Waals surface area contributed by atoms with E-state index in [1.165, 1.54) is 24.3 Å². The molecule has 0 saturated carbocycles. The minimum absolute atomic E-state index is 0.0774.